The molecule has 168 valence electrons. The monoisotopic (exact) mass is 475 g/mol. The molecule has 8 nitrogen and oxygen atoms in total. The number of methoxy groups -OCH3 is 2. The number of carbonyl (C=O) groups excluding carboxylic acids is 1. The Morgan fingerprint density at radius 3 is 2.59 bits per heavy atom. The van der Waals surface area contributed by atoms with Crippen molar-refractivity contribution >= 4 is 38.0 Å². The van der Waals surface area contributed by atoms with E-state index in [0.717, 1.165) is 24.2 Å². The minimum atomic E-state index is -3.45. The molecule has 3 aromatic rings. The van der Waals surface area contributed by atoms with Gasteiger partial charge >= 0.3 is 5.97 Å². The molecule has 0 amide bonds. The molecule has 1 saturated carbocycles. The van der Waals surface area contributed by atoms with Crippen LogP contribution in [0.4, 0.5) is 0 Å². The number of esters is 1. The Bertz CT molecular complexity index is 1430. The highest BCUT2D eigenvalue weighted by Gasteiger charge is 2.34. The lowest BCUT2D eigenvalue weighted by Gasteiger charge is -2.17. The number of carbonyl (C=O) groups is 1. The summed E-state index contributed by atoms with van der Waals surface area (Å²) in [7, 11) is -0.722. The molecule has 1 atom stereocenters. The molecular weight excluding hydrogens is 454 g/mol. The maximum atomic E-state index is 13.0. The summed E-state index contributed by atoms with van der Waals surface area (Å²) in [6.45, 7) is 0. The van der Waals surface area contributed by atoms with E-state index in [1.807, 2.05) is 4.57 Å². The minimum Gasteiger partial charge on any atom is -0.494 e. The van der Waals surface area contributed by atoms with Gasteiger partial charge in [-0.05, 0) is 37.5 Å². The van der Waals surface area contributed by atoms with Crippen molar-refractivity contribution in [2.45, 2.75) is 35.6 Å². The number of sulfone groups is 1. The van der Waals surface area contributed by atoms with Gasteiger partial charge in [-0.1, -0.05) is 0 Å². The number of aromatic nitrogens is 1. The molecule has 0 bridgehead atoms. The number of hydrogen-bond acceptors (Lipinski definition) is 8. The molecule has 1 unspecified atom stereocenters. The molecule has 1 aliphatic carbocycles. The van der Waals surface area contributed by atoms with E-state index in [1.165, 1.54) is 20.4 Å². The number of nitrogens with zero attached hydrogens (tertiary/aromatic N) is 1. The molecule has 2 aromatic heterocycles. The second-order valence-electron chi connectivity index (χ2n) is 8.02. The van der Waals surface area contributed by atoms with E-state index in [-0.39, 0.29) is 28.0 Å². The van der Waals surface area contributed by atoms with Crippen LogP contribution in [0.1, 0.15) is 47.3 Å². The van der Waals surface area contributed by atoms with Gasteiger partial charge in [-0.25, -0.2) is 13.2 Å². The van der Waals surface area contributed by atoms with E-state index >= 15 is 0 Å². The van der Waals surface area contributed by atoms with Crippen molar-refractivity contribution in [2.75, 3.05) is 20.0 Å². The van der Waals surface area contributed by atoms with Crippen molar-refractivity contribution in [1.29, 1.82) is 0 Å². The molecule has 5 rings (SSSR count). The molecule has 0 radical (unpaired) electrons. The summed E-state index contributed by atoms with van der Waals surface area (Å²) in [6.07, 6.45) is 2.66. The third-order valence-corrected chi connectivity index (χ3v) is 9.55. The van der Waals surface area contributed by atoms with Crippen LogP contribution in [0.2, 0.25) is 0 Å². The van der Waals surface area contributed by atoms with Crippen LogP contribution >= 0.6 is 11.3 Å². The zero-order chi connectivity index (χ0) is 22.8. The fourth-order valence-corrected chi connectivity index (χ4v) is 7.50. The summed E-state index contributed by atoms with van der Waals surface area (Å²) in [5.41, 5.74) is 1.10. The number of benzene rings is 1. The second-order valence-corrected chi connectivity index (χ2v) is 11.4. The predicted octanol–water partition coefficient (Wildman–Crippen LogP) is 3.07. The lowest BCUT2D eigenvalue weighted by Crippen LogP contribution is -2.20. The zero-order valence-corrected chi connectivity index (χ0v) is 19.1. The van der Waals surface area contributed by atoms with Crippen LogP contribution in [0.5, 0.6) is 5.75 Å². The summed E-state index contributed by atoms with van der Waals surface area (Å²) in [5.74, 6) is -0.360. The van der Waals surface area contributed by atoms with Gasteiger partial charge in [0.15, 0.2) is 15.6 Å². The number of fused-ring (bicyclic) bond motifs is 2. The standard InChI is InChI=1S/C22H21NO7S2/c1-29-20-12(17-9-14-16(24)7-8-32(27,28)22(14)31-17)5-6-13-18(20)23(11-3-4-11)10-15(19(13)25)21(26)30-2/h5-6,9-11,16,24H,3-4,7-8H2,1-2H3. The Labute approximate surface area is 187 Å². The molecule has 0 spiro atoms. The smallest absolute Gasteiger partial charge is 0.343 e. The van der Waals surface area contributed by atoms with Crippen molar-refractivity contribution < 1.29 is 27.8 Å². The largest absolute Gasteiger partial charge is 0.494 e. The molecule has 1 aliphatic heterocycles. The van der Waals surface area contributed by atoms with Gasteiger partial charge in [0.05, 0.1) is 37.0 Å². The van der Waals surface area contributed by atoms with Crippen molar-refractivity contribution in [3.05, 3.63) is 45.7 Å². The highest BCUT2D eigenvalue weighted by Crippen LogP contribution is 2.47. The Balaban J connectivity index is 1.80. The van der Waals surface area contributed by atoms with E-state index in [2.05, 4.69) is 0 Å². The van der Waals surface area contributed by atoms with Crippen molar-refractivity contribution in [3.63, 3.8) is 0 Å². The van der Waals surface area contributed by atoms with Crippen LogP contribution in [0.3, 0.4) is 0 Å². The van der Waals surface area contributed by atoms with E-state index in [0.29, 0.717) is 32.7 Å². The first-order valence-corrected chi connectivity index (χ1v) is 12.6. The van der Waals surface area contributed by atoms with E-state index in [4.69, 9.17) is 9.47 Å². The van der Waals surface area contributed by atoms with Gasteiger partial charge in [0.1, 0.15) is 9.77 Å². The third kappa shape index (κ3) is 3.16. The molecule has 0 saturated heterocycles. The fraction of sp³-hybridized carbons (Fsp3) is 0.364. The number of rotatable bonds is 4. The van der Waals surface area contributed by atoms with Gasteiger partial charge in [0.2, 0.25) is 5.43 Å². The molecule has 3 heterocycles. The highest BCUT2D eigenvalue weighted by atomic mass is 32.2. The molecule has 1 N–H and O–H groups in total. The molecule has 1 fully saturated rings. The molecule has 10 heteroatoms. The van der Waals surface area contributed by atoms with Crippen molar-refractivity contribution in [3.8, 4) is 16.2 Å². The van der Waals surface area contributed by atoms with Crippen LogP contribution in [0, 0.1) is 0 Å². The number of aliphatic hydroxyl groups excluding tert-OH is 1. The number of ether oxygens (including phenoxy) is 2. The first-order valence-electron chi connectivity index (χ1n) is 10.2. The topological polar surface area (TPSA) is 112 Å². The van der Waals surface area contributed by atoms with Gasteiger partial charge in [0.25, 0.3) is 0 Å². The third-order valence-electron chi connectivity index (χ3n) is 5.99. The van der Waals surface area contributed by atoms with Gasteiger partial charge in [-0.3, -0.25) is 4.79 Å². The number of hydrogen-bond donors (Lipinski definition) is 1. The van der Waals surface area contributed by atoms with Gasteiger partial charge in [0, 0.05) is 28.2 Å². The van der Waals surface area contributed by atoms with E-state index in [1.54, 1.807) is 18.2 Å². The Kier molecular flexibility index (Phi) is 4.92. The Morgan fingerprint density at radius 2 is 1.97 bits per heavy atom. The van der Waals surface area contributed by atoms with Crippen LogP contribution < -0.4 is 10.2 Å². The normalized spacial score (nSPS) is 19.5. The average molecular weight is 476 g/mol. The Morgan fingerprint density at radius 1 is 1.22 bits per heavy atom. The lowest BCUT2D eigenvalue weighted by molar-refractivity contribution is 0.0598. The summed E-state index contributed by atoms with van der Waals surface area (Å²) >= 11 is 1.09. The molecule has 2 aliphatic rings. The van der Waals surface area contributed by atoms with Gasteiger partial charge < -0.3 is 19.1 Å². The summed E-state index contributed by atoms with van der Waals surface area (Å²) in [5, 5.41) is 10.7. The minimum absolute atomic E-state index is 0.0393. The first-order chi connectivity index (χ1) is 15.3. The quantitative estimate of drug-likeness (QED) is 0.577. The van der Waals surface area contributed by atoms with E-state index in [9.17, 15) is 23.1 Å². The van der Waals surface area contributed by atoms with Crippen LogP contribution in [0.15, 0.2) is 33.4 Å². The summed E-state index contributed by atoms with van der Waals surface area (Å²) in [6, 6.07) is 5.14. The average Bonchev–Trinajstić information content (AvgIpc) is 3.52. The van der Waals surface area contributed by atoms with Gasteiger partial charge in [-0.15, -0.1) is 11.3 Å². The van der Waals surface area contributed by atoms with E-state index < -0.39 is 27.3 Å². The summed E-state index contributed by atoms with van der Waals surface area (Å²) in [4.78, 5) is 25.9. The Hall–Kier alpha value is -2.69. The van der Waals surface area contributed by atoms with Crippen LogP contribution in [0.25, 0.3) is 21.3 Å². The predicted molar refractivity (Wildman–Crippen MR) is 119 cm³/mol. The molecular formula is C22H21NO7S2. The number of aliphatic hydroxyl groups is 1. The number of thiophene rings is 1. The zero-order valence-electron chi connectivity index (χ0n) is 17.5. The fourth-order valence-electron chi connectivity index (χ4n) is 4.23. The lowest BCUT2D eigenvalue weighted by atomic mass is 10.0. The molecule has 32 heavy (non-hydrogen) atoms. The SMILES string of the molecule is COC(=O)c1cn(C2CC2)c2c(OC)c(-c3cc4c(s3)S(=O)(=O)CCC4O)ccc2c1=O. The highest BCUT2D eigenvalue weighted by molar-refractivity contribution is 7.93. The van der Waals surface area contributed by atoms with Crippen molar-refractivity contribution in [2.24, 2.45) is 0 Å². The maximum Gasteiger partial charge on any atom is 0.343 e. The second kappa shape index (κ2) is 7.43. The van der Waals surface area contributed by atoms with Gasteiger partial charge in [-0.2, -0.15) is 0 Å². The van der Waals surface area contributed by atoms with Crippen LogP contribution in [-0.2, 0) is 14.6 Å². The number of pyridine rings is 1. The first kappa shape index (κ1) is 21.2. The van der Waals surface area contributed by atoms with Crippen molar-refractivity contribution in [1.82, 2.24) is 4.57 Å². The molecule has 1 aromatic carbocycles. The summed E-state index contributed by atoms with van der Waals surface area (Å²) < 4.78 is 37.7. The maximum absolute atomic E-state index is 13.0. The van der Waals surface area contributed by atoms with Crippen LogP contribution in [-0.4, -0.2) is 44.0 Å².